The Hall–Kier alpha value is -1.84. The first kappa shape index (κ1) is 18.2. The van der Waals surface area contributed by atoms with Crippen molar-refractivity contribution in [3.8, 4) is 0 Å². The zero-order valence-electron chi connectivity index (χ0n) is 12.6. The van der Waals surface area contributed by atoms with E-state index >= 15 is 0 Å². The molecule has 0 rings (SSSR count). The highest BCUT2D eigenvalue weighted by molar-refractivity contribution is 5.82. The molecule has 0 aliphatic carbocycles. The second-order valence-electron chi connectivity index (χ2n) is 4.22. The van der Waals surface area contributed by atoms with E-state index in [1.165, 1.54) is 26.2 Å². The van der Waals surface area contributed by atoms with Gasteiger partial charge in [0, 0.05) is 13.0 Å². The van der Waals surface area contributed by atoms with Crippen molar-refractivity contribution in [2.75, 3.05) is 7.11 Å². The summed E-state index contributed by atoms with van der Waals surface area (Å²) in [7, 11) is 1.30. The van der Waals surface area contributed by atoms with Gasteiger partial charge in [0.25, 0.3) is 0 Å². The number of allylic oxidation sites excluding steroid dienone is 4. The number of hydrogen-bond donors (Lipinski definition) is 0. The standard InChI is InChI=1S/C16H24O4/c1-4-5-6-7-8-9-10-11-15(20-14(2)17)12-13-16(18)19-3/h5-6,11-13H,4,7-10H2,1-3H3/b6-5-,13-12+,15-11-. The lowest BCUT2D eigenvalue weighted by molar-refractivity contribution is -0.137. The fraction of sp³-hybridized carbons (Fsp3) is 0.500. The Balaban J connectivity index is 4.22. The average Bonchev–Trinajstić information content (AvgIpc) is 2.42. The highest BCUT2D eigenvalue weighted by Gasteiger charge is 2.00. The number of methoxy groups -OCH3 is 1. The maximum Gasteiger partial charge on any atom is 0.330 e. The molecule has 0 saturated heterocycles. The van der Waals surface area contributed by atoms with Crippen LogP contribution in [-0.4, -0.2) is 19.0 Å². The topological polar surface area (TPSA) is 52.6 Å². The van der Waals surface area contributed by atoms with Gasteiger partial charge in [-0.15, -0.1) is 0 Å². The maximum absolute atomic E-state index is 11.0. The molecule has 20 heavy (non-hydrogen) atoms. The van der Waals surface area contributed by atoms with E-state index in [-0.39, 0.29) is 0 Å². The molecule has 0 amide bonds. The van der Waals surface area contributed by atoms with E-state index in [0.29, 0.717) is 5.76 Å². The molecule has 4 heteroatoms. The summed E-state index contributed by atoms with van der Waals surface area (Å²) >= 11 is 0. The van der Waals surface area contributed by atoms with Crippen molar-refractivity contribution in [1.82, 2.24) is 0 Å². The Kier molecular flexibility index (Phi) is 11.1. The predicted molar refractivity (Wildman–Crippen MR) is 78.9 cm³/mol. The summed E-state index contributed by atoms with van der Waals surface area (Å²) in [5.74, 6) is -0.503. The molecule has 0 N–H and O–H groups in total. The number of esters is 2. The van der Waals surface area contributed by atoms with Crippen LogP contribution in [0.2, 0.25) is 0 Å². The van der Waals surface area contributed by atoms with Gasteiger partial charge in [0.05, 0.1) is 7.11 Å². The quantitative estimate of drug-likeness (QED) is 0.161. The molecular formula is C16H24O4. The minimum atomic E-state index is -0.479. The summed E-state index contributed by atoms with van der Waals surface area (Å²) in [6.07, 6.45) is 13.8. The molecule has 0 aliphatic heterocycles. The third-order valence-corrected chi connectivity index (χ3v) is 2.42. The average molecular weight is 280 g/mol. The summed E-state index contributed by atoms with van der Waals surface area (Å²) < 4.78 is 9.49. The molecule has 0 fully saturated rings. The summed E-state index contributed by atoms with van der Waals surface area (Å²) in [6, 6.07) is 0. The Morgan fingerprint density at radius 2 is 1.75 bits per heavy atom. The lowest BCUT2D eigenvalue weighted by Gasteiger charge is -2.02. The molecule has 0 atom stereocenters. The fourth-order valence-electron chi connectivity index (χ4n) is 1.46. The molecule has 0 saturated carbocycles. The Morgan fingerprint density at radius 1 is 1.05 bits per heavy atom. The number of unbranched alkanes of at least 4 members (excludes halogenated alkanes) is 3. The molecule has 0 aliphatic rings. The lowest BCUT2D eigenvalue weighted by atomic mass is 10.1. The zero-order valence-corrected chi connectivity index (χ0v) is 12.6. The molecule has 0 aromatic carbocycles. The third kappa shape index (κ3) is 11.3. The van der Waals surface area contributed by atoms with Crippen LogP contribution >= 0.6 is 0 Å². The summed E-state index contributed by atoms with van der Waals surface area (Å²) in [5, 5.41) is 0. The van der Waals surface area contributed by atoms with Gasteiger partial charge >= 0.3 is 11.9 Å². The van der Waals surface area contributed by atoms with Crippen LogP contribution in [-0.2, 0) is 19.1 Å². The Labute approximate surface area is 121 Å². The molecule has 0 spiro atoms. The highest BCUT2D eigenvalue weighted by atomic mass is 16.5. The third-order valence-electron chi connectivity index (χ3n) is 2.42. The smallest absolute Gasteiger partial charge is 0.330 e. The van der Waals surface area contributed by atoms with E-state index in [2.05, 4.69) is 23.8 Å². The molecule has 0 aromatic rings. The van der Waals surface area contributed by atoms with Gasteiger partial charge in [0.1, 0.15) is 5.76 Å². The van der Waals surface area contributed by atoms with Gasteiger partial charge in [-0.25, -0.2) is 4.79 Å². The molecule has 112 valence electrons. The largest absolute Gasteiger partial charge is 0.466 e. The molecule has 0 radical (unpaired) electrons. The SMILES string of the molecule is CC/C=C\CCCC/C=C(/C=C/C(=O)OC)OC(C)=O. The first-order chi connectivity index (χ1) is 9.60. The normalized spacial score (nSPS) is 12.1. The van der Waals surface area contributed by atoms with E-state index < -0.39 is 11.9 Å². The van der Waals surface area contributed by atoms with Gasteiger partial charge in [-0.2, -0.15) is 0 Å². The highest BCUT2D eigenvalue weighted by Crippen LogP contribution is 2.08. The Bertz CT molecular complexity index is 378. The van der Waals surface area contributed by atoms with Gasteiger partial charge in [-0.3, -0.25) is 4.79 Å². The van der Waals surface area contributed by atoms with E-state index in [0.717, 1.165) is 32.1 Å². The molecular weight excluding hydrogens is 256 g/mol. The van der Waals surface area contributed by atoms with Crippen molar-refractivity contribution >= 4 is 11.9 Å². The van der Waals surface area contributed by atoms with Crippen molar-refractivity contribution in [3.63, 3.8) is 0 Å². The van der Waals surface area contributed by atoms with Gasteiger partial charge in [0.2, 0.25) is 0 Å². The van der Waals surface area contributed by atoms with Crippen LogP contribution in [0.5, 0.6) is 0 Å². The maximum atomic E-state index is 11.0. The first-order valence-corrected chi connectivity index (χ1v) is 6.89. The molecule has 0 bridgehead atoms. The van der Waals surface area contributed by atoms with E-state index in [1.54, 1.807) is 0 Å². The van der Waals surface area contributed by atoms with Gasteiger partial charge in [-0.1, -0.05) is 19.1 Å². The predicted octanol–water partition coefficient (Wildman–Crippen LogP) is 3.69. The number of carbonyl (C=O) groups excluding carboxylic acids is 2. The lowest BCUT2D eigenvalue weighted by Crippen LogP contribution is -1.99. The second kappa shape index (κ2) is 12.2. The van der Waals surface area contributed by atoms with Crippen molar-refractivity contribution in [1.29, 1.82) is 0 Å². The Morgan fingerprint density at radius 3 is 2.35 bits per heavy atom. The second-order valence-corrected chi connectivity index (χ2v) is 4.22. The van der Waals surface area contributed by atoms with Crippen molar-refractivity contribution in [2.45, 2.75) is 46.0 Å². The van der Waals surface area contributed by atoms with Crippen molar-refractivity contribution in [3.05, 3.63) is 36.1 Å². The summed E-state index contributed by atoms with van der Waals surface area (Å²) in [5.41, 5.74) is 0. The van der Waals surface area contributed by atoms with Crippen LogP contribution in [0.4, 0.5) is 0 Å². The van der Waals surface area contributed by atoms with Crippen molar-refractivity contribution in [2.24, 2.45) is 0 Å². The van der Waals surface area contributed by atoms with E-state index in [1.807, 2.05) is 6.08 Å². The molecule has 4 nitrogen and oxygen atoms in total. The van der Waals surface area contributed by atoms with Crippen LogP contribution < -0.4 is 0 Å². The minimum Gasteiger partial charge on any atom is -0.466 e. The molecule has 0 unspecified atom stereocenters. The van der Waals surface area contributed by atoms with E-state index in [9.17, 15) is 9.59 Å². The monoisotopic (exact) mass is 280 g/mol. The number of carbonyl (C=O) groups is 2. The number of ether oxygens (including phenoxy) is 2. The van der Waals surface area contributed by atoms with Crippen molar-refractivity contribution < 1.29 is 19.1 Å². The van der Waals surface area contributed by atoms with Gasteiger partial charge in [0.15, 0.2) is 0 Å². The van der Waals surface area contributed by atoms with Crippen LogP contribution in [0.1, 0.15) is 46.0 Å². The molecule has 0 aromatic heterocycles. The molecule has 0 heterocycles. The summed E-state index contributed by atoms with van der Waals surface area (Å²) in [4.78, 5) is 21.9. The van der Waals surface area contributed by atoms with Crippen LogP contribution in [0.15, 0.2) is 36.1 Å². The van der Waals surface area contributed by atoms with E-state index in [4.69, 9.17) is 4.74 Å². The van der Waals surface area contributed by atoms with Crippen LogP contribution in [0.25, 0.3) is 0 Å². The zero-order chi connectivity index (χ0) is 15.2. The van der Waals surface area contributed by atoms with Crippen LogP contribution in [0.3, 0.4) is 0 Å². The minimum absolute atomic E-state index is 0.381. The fourth-order valence-corrected chi connectivity index (χ4v) is 1.46. The first-order valence-electron chi connectivity index (χ1n) is 6.89. The van der Waals surface area contributed by atoms with Gasteiger partial charge < -0.3 is 9.47 Å². The summed E-state index contributed by atoms with van der Waals surface area (Å²) in [6.45, 7) is 3.44. The number of hydrogen-bond acceptors (Lipinski definition) is 4. The van der Waals surface area contributed by atoms with Gasteiger partial charge in [-0.05, 0) is 44.3 Å². The number of rotatable bonds is 9. The van der Waals surface area contributed by atoms with Crippen LogP contribution in [0, 0.1) is 0 Å².